The predicted molar refractivity (Wildman–Crippen MR) is 84.4 cm³/mol. The molecule has 1 aromatic heterocycles. The summed E-state index contributed by atoms with van der Waals surface area (Å²) < 4.78 is 5.63. The van der Waals surface area contributed by atoms with Crippen LogP contribution in [0.25, 0.3) is 0 Å². The second-order valence-corrected chi connectivity index (χ2v) is 6.15. The molecule has 1 fully saturated rings. The predicted octanol–water partition coefficient (Wildman–Crippen LogP) is 3.18. The average Bonchev–Trinajstić information content (AvgIpc) is 2.73. The number of furan rings is 1. The SMILES string of the molecule is CCN(C(=O)c1c(C)oc(C)c1C)C1CCCCC1CN. The van der Waals surface area contributed by atoms with Crippen LogP contribution in [0.5, 0.6) is 0 Å². The van der Waals surface area contributed by atoms with Crippen molar-refractivity contribution in [3.05, 3.63) is 22.6 Å². The van der Waals surface area contributed by atoms with Crippen LogP contribution in [-0.4, -0.2) is 29.9 Å². The van der Waals surface area contributed by atoms with Gasteiger partial charge in [0, 0.05) is 18.2 Å². The van der Waals surface area contributed by atoms with E-state index in [0.717, 1.165) is 42.0 Å². The molecule has 1 heterocycles. The largest absolute Gasteiger partial charge is 0.466 e. The maximum Gasteiger partial charge on any atom is 0.257 e. The van der Waals surface area contributed by atoms with Gasteiger partial charge in [0.05, 0.1) is 5.56 Å². The fraction of sp³-hybridized carbons (Fsp3) is 0.706. The molecule has 2 rings (SSSR count). The Kier molecular flexibility index (Phi) is 5.09. The van der Waals surface area contributed by atoms with Gasteiger partial charge in [0.15, 0.2) is 0 Å². The van der Waals surface area contributed by atoms with Gasteiger partial charge in [-0.15, -0.1) is 0 Å². The maximum absolute atomic E-state index is 13.0. The molecule has 118 valence electrons. The van der Waals surface area contributed by atoms with Crippen molar-refractivity contribution in [1.29, 1.82) is 0 Å². The number of nitrogens with zero attached hydrogens (tertiary/aromatic N) is 1. The molecular weight excluding hydrogens is 264 g/mol. The van der Waals surface area contributed by atoms with Crippen molar-refractivity contribution in [2.45, 2.75) is 59.4 Å². The maximum atomic E-state index is 13.0. The van der Waals surface area contributed by atoms with Crippen LogP contribution in [0.3, 0.4) is 0 Å². The van der Waals surface area contributed by atoms with E-state index in [4.69, 9.17) is 10.2 Å². The van der Waals surface area contributed by atoms with Crippen LogP contribution in [0.1, 0.15) is 60.0 Å². The second kappa shape index (κ2) is 6.65. The normalized spacial score (nSPS) is 22.3. The first kappa shape index (κ1) is 16.1. The molecule has 4 heteroatoms. The zero-order valence-corrected chi connectivity index (χ0v) is 13.7. The molecule has 2 atom stereocenters. The van der Waals surface area contributed by atoms with Gasteiger partial charge in [-0.25, -0.2) is 0 Å². The number of amides is 1. The van der Waals surface area contributed by atoms with Crippen molar-refractivity contribution in [2.75, 3.05) is 13.1 Å². The van der Waals surface area contributed by atoms with Gasteiger partial charge < -0.3 is 15.1 Å². The summed E-state index contributed by atoms with van der Waals surface area (Å²) in [6.07, 6.45) is 4.62. The van der Waals surface area contributed by atoms with Crippen LogP contribution in [0.2, 0.25) is 0 Å². The third kappa shape index (κ3) is 3.00. The number of aryl methyl sites for hydroxylation is 2. The summed E-state index contributed by atoms with van der Waals surface area (Å²) in [5.41, 5.74) is 7.65. The van der Waals surface area contributed by atoms with E-state index in [2.05, 4.69) is 6.92 Å². The van der Waals surface area contributed by atoms with Gasteiger partial charge in [-0.3, -0.25) is 4.79 Å². The smallest absolute Gasteiger partial charge is 0.257 e. The molecule has 0 bridgehead atoms. The lowest BCUT2D eigenvalue weighted by Crippen LogP contribution is -2.48. The standard InChI is InChI=1S/C17H28N2O2/c1-5-19(15-9-7-6-8-14(15)10-18)17(20)16-11(2)12(3)21-13(16)4/h14-15H,5-10,18H2,1-4H3. The Morgan fingerprint density at radius 2 is 1.90 bits per heavy atom. The highest BCUT2D eigenvalue weighted by atomic mass is 16.3. The third-order valence-corrected chi connectivity index (χ3v) is 4.95. The summed E-state index contributed by atoms with van der Waals surface area (Å²) in [4.78, 5) is 15.0. The lowest BCUT2D eigenvalue weighted by Gasteiger charge is -2.39. The number of nitrogens with two attached hydrogens (primary N) is 1. The summed E-state index contributed by atoms with van der Waals surface area (Å²) >= 11 is 0. The molecule has 0 aliphatic heterocycles. The van der Waals surface area contributed by atoms with Gasteiger partial charge in [0.2, 0.25) is 0 Å². The summed E-state index contributed by atoms with van der Waals surface area (Å²) in [7, 11) is 0. The van der Waals surface area contributed by atoms with E-state index < -0.39 is 0 Å². The fourth-order valence-electron chi connectivity index (χ4n) is 3.65. The fourth-order valence-corrected chi connectivity index (χ4v) is 3.65. The van der Waals surface area contributed by atoms with Crippen LogP contribution in [0.15, 0.2) is 4.42 Å². The third-order valence-electron chi connectivity index (χ3n) is 4.95. The van der Waals surface area contributed by atoms with Crippen LogP contribution in [-0.2, 0) is 0 Å². The van der Waals surface area contributed by atoms with E-state index in [0.29, 0.717) is 12.5 Å². The first-order valence-electron chi connectivity index (χ1n) is 8.08. The minimum absolute atomic E-state index is 0.106. The van der Waals surface area contributed by atoms with Crippen molar-refractivity contribution < 1.29 is 9.21 Å². The summed E-state index contributed by atoms with van der Waals surface area (Å²) in [6.45, 7) is 9.20. The molecule has 0 spiro atoms. The summed E-state index contributed by atoms with van der Waals surface area (Å²) in [5.74, 6) is 2.10. The molecule has 1 aromatic rings. The molecule has 1 amide bonds. The average molecular weight is 292 g/mol. The van der Waals surface area contributed by atoms with Gasteiger partial charge in [-0.1, -0.05) is 12.8 Å². The Balaban J connectivity index is 2.29. The van der Waals surface area contributed by atoms with Crippen LogP contribution in [0, 0.1) is 26.7 Å². The Hall–Kier alpha value is -1.29. The number of carbonyl (C=O) groups is 1. The van der Waals surface area contributed by atoms with Crippen LogP contribution < -0.4 is 5.73 Å². The van der Waals surface area contributed by atoms with Gasteiger partial charge in [-0.2, -0.15) is 0 Å². The molecule has 2 N–H and O–H groups in total. The van der Waals surface area contributed by atoms with Gasteiger partial charge in [-0.05, 0) is 53.0 Å². The highest BCUT2D eigenvalue weighted by molar-refractivity contribution is 5.97. The minimum Gasteiger partial charge on any atom is -0.466 e. The Morgan fingerprint density at radius 1 is 1.24 bits per heavy atom. The zero-order chi connectivity index (χ0) is 15.6. The van der Waals surface area contributed by atoms with E-state index in [1.165, 1.54) is 12.8 Å². The lowest BCUT2D eigenvalue weighted by molar-refractivity contribution is 0.0557. The first-order valence-corrected chi connectivity index (χ1v) is 8.08. The van der Waals surface area contributed by atoms with Crippen LogP contribution in [0.4, 0.5) is 0 Å². The van der Waals surface area contributed by atoms with E-state index in [1.54, 1.807) is 0 Å². The van der Waals surface area contributed by atoms with Gasteiger partial charge >= 0.3 is 0 Å². The summed E-state index contributed by atoms with van der Waals surface area (Å²) in [5, 5.41) is 0. The van der Waals surface area contributed by atoms with Gasteiger partial charge in [0.1, 0.15) is 11.5 Å². The van der Waals surface area contributed by atoms with Crippen molar-refractivity contribution in [2.24, 2.45) is 11.7 Å². The van der Waals surface area contributed by atoms with Crippen molar-refractivity contribution in [1.82, 2.24) is 4.90 Å². The molecule has 4 nitrogen and oxygen atoms in total. The van der Waals surface area contributed by atoms with Crippen LogP contribution >= 0.6 is 0 Å². The van der Waals surface area contributed by atoms with E-state index in [-0.39, 0.29) is 11.9 Å². The number of carbonyl (C=O) groups excluding carboxylic acids is 1. The van der Waals surface area contributed by atoms with E-state index in [1.807, 2.05) is 25.7 Å². The number of hydrogen-bond acceptors (Lipinski definition) is 3. The van der Waals surface area contributed by atoms with Crippen molar-refractivity contribution in [3.63, 3.8) is 0 Å². The zero-order valence-electron chi connectivity index (χ0n) is 13.7. The topological polar surface area (TPSA) is 59.5 Å². The van der Waals surface area contributed by atoms with Crippen molar-refractivity contribution in [3.8, 4) is 0 Å². The Morgan fingerprint density at radius 3 is 2.43 bits per heavy atom. The Labute approximate surface area is 127 Å². The molecule has 21 heavy (non-hydrogen) atoms. The molecule has 0 aromatic carbocycles. The number of hydrogen-bond donors (Lipinski definition) is 1. The monoisotopic (exact) mass is 292 g/mol. The minimum atomic E-state index is 0.106. The Bertz CT molecular complexity index is 507. The molecule has 1 saturated carbocycles. The molecule has 2 unspecified atom stereocenters. The molecule has 1 aliphatic carbocycles. The molecule has 0 saturated heterocycles. The summed E-state index contributed by atoms with van der Waals surface area (Å²) in [6, 6.07) is 0.273. The van der Waals surface area contributed by atoms with Gasteiger partial charge in [0.25, 0.3) is 5.91 Å². The first-order chi connectivity index (χ1) is 10.0. The molecule has 0 radical (unpaired) electrons. The highest BCUT2D eigenvalue weighted by Crippen LogP contribution is 2.30. The highest BCUT2D eigenvalue weighted by Gasteiger charge is 2.33. The van der Waals surface area contributed by atoms with E-state index >= 15 is 0 Å². The quantitative estimate of drug-likeness (QED) is 0.927. The lowest BCUT2D eigenvalue weighted by atomic mass is 9.83. The second-order valence-electron chi connectivity index (χ2n) is 6.15. The molecular formula is C17H28N2O2. The van der Waals surface area contributed by atoms with Crippen molar-refractivity contribution >= 4 is 5.91 Å². The molecule has 1 aliphatic rings. The number of rotatable bonds is 4. The van der Waals surface area contributed by atoms with E-state index in [9.17, 15) is 4.79 Å².